The first-order valence-electron chi connectivity index (χ1n) is 4.95. The molecular formula is C12H7Br3N2O. The third-order valence-electron chi connectivity index (χ3n) is 2.16. The lowest BCUT2D eigenvalue weighted by molar-refractivity contribution is 0.102. The number of nitrogens with zero attached hydrogens (tertiary/aromatic N) is 1. The molecule has 0 atom stereocenters. The number of pyridine rings is 1. The Morgan fingerprint density at radius 1 is 1.11 bits per heavy atom. The normalized spacial score (nSPS) is 10.2. The second-order valence-electron chi connectivity index (χ2n) is 3.42. The Balaban J connectivity index is 2.24. The lowest BCUT2D eigenvalue weighted by Crippen LogP contribution is -2.13. The van der Waals surface area contributed by atoms with E-state index in [0.29, 0.717) is 11.4 Å². The number of hydrogen-bond acceptors (Lipinski definition) is 2. The molecule has 0 saturated heterocycles. The molecule has 1 aromatic heterocycles. The fourth-order valence-corrected chi connectivity index (χ4v) is 2.88. The van der Waals surface area contributed by atoms with Crippen LogP contribution in [0.3, 0.4) is 0 Å². The summed E-state index contributed by atoms with van der Waals surface area (Å²) in [7, 11) is 0. The fraction of sp³-hybridized carbons (Fsp3) is 0. The van der Waals surface area contributed by atoms with Crippen LogP contribution in [0.25, 0.3) is 0 Å². The molecule has 0 spiro atoms. The summed E-state index contributed by atoms with van der Waals surface area (Å²) in [5.41, 5.74) is 0.564. The molecule has 92 valence electrons. The average molecular weight is 435 g/mol. The second-order valence-corrected chi connectivity index (χ2v) is 6.04. The van der Waals surface area contributed by atoms with Gasteiger partial charge < -0.3 is 5.32 Å². The standard InChI is InChI=1S/C12H7Br3N2O/c13-7-5-10(15)11(16-6-7)17-12(18)8-3-1-2-4-9(8)14/h1-6H,(H,16,17,18). The largest absolute Gasteiger partial charge is 0.306 e. The number of anilines is 1. The first-order valence-corrected chi connectivity index (χ1v) is 7.33. The van der Waals surface area contributed by atoms with Crippen molar-refractivity contribution in [1.29, 1.82) is 0 Å². The summed E-state index contributed by atoms with van der Waals surface area (Å²) in [6.07, 6.45) is 1.63. The van der Waals surface area contributed by atoms with Crippen molar-refractivity contribution < 1.29 is 4.79 Å². The lowest BCUT2D eigenvalue weighted by Gasteiger charge is -2.07. The monoisotopic (exact) mass is 432 g/mol. The second kappa shape index (κ2) is 5.95. The molecule has 6 heteroatoms. The van der Waals surface area contributed by atoms with Crippen LogP contribution >= 0.6 is 47.8 Å². The van der Waals surface area contributed by atoms with Crippen LogP contribution in [-0.2, 0) is 0 Å². The van der Waals surface area contributed by atoms with E-state index in [-0.39, 0.29) is 5.91 Å². The van der Waals surface area contributed by atoms with E-state index >= 15 is 0 Å². The van der Waals surface area contributed by atoms with Gasteiger partial charge in [-0.05, 0) is 66.0 Å². The van der Waals surface area contributed by atoms with Gasteiger partial charge in [-0.15, -0.1) is 0 Å². The van der Waals surface area contributed by atoms with Crippen LogP contribution in [0.5, 0.6) is 0 Å². The number of aromatic nitrogens is 1. The van der Waals surface area contributed by atoms with Gasteiger partial charge in [0.25, 0.3) is 5.91 Å². The van der Waals surface area contributed by atoms with Gasteiger partial charge in [-0.3, -0.25) is 4.79 Å². The molecule has 0 aliphatic heterocycles. The molecule has 1 amide bonds. The molecule has 2 aromatic rings. The SMILES string of the molecule is O=C(Nc1ncc(Br)cc1Br)c1ccccc1Br. The molecule has 0 aliphatic carbocycles. The number of halogens is 3. The molecule has 1 heterocycles. The van der Waals surface area contributed by atoms with Crippen molar-refractivity contribution in [3.05, 3.63) is 55.5 Å². The Hall–Kier alpha value is -0.720. The highest BCUT2D eigenvalue weighted by Gasteiger charge is 2.11. The first kappa shape index (κ1) is 13.7. The summed E-state index contributed by atoms with van der Waals surface area (Å²) in [5.74, 6) is 0.275. The van der Waals surface area contributed by atoms with Crippen LogP contribution in [0, 0.1) is 0 Å². The van der Waals surface area contributed by atoms with Gasteiger partial charge in [-0.1, -0.05) is 12.1 Å². The van der Waals surface area contributed by atoms with Crippen molar-refractivity contribution in [2.45, 2.75) is 0 Å². The number of hydrogen-bond donors (Lipinski definition) is 1. The van der Waals surface area contributed by atoms with Gasteiger partial charge in [0, 0.05) is 15.1 Å². The zero-order valence-corrected chi connectivity index (χ0v) is 13.7. The Morgan fingerprint density at radius 2 is 1.83 bits per heavy atom. The summed E-state index contributed by atoms with van der Waals surface area (Å²) in [6, 6.07) is 9.05. The van der Waals surface area contributed by atoms with Crippen LogP contribution < -0.4 is 5.32 Å². The molecule has 1 N–H and O–H groups in total. The molecule has 0 fully saturated rings. The Morgan fingerprint density at radius 3 is 2.50 bits per heavy atom. The van der Waals surface area contributed by atoms with E-state index in [1.165, 1.54) is 0 Å². The zero-order valence-electron chi connectivity index (χ0n) is 8.95. The van der Waals surface area contributed by atoms with Gasteiger partial charge in [0.05, 0.1) is 10.0 Å². The van der Waals surface area contributed by atoms with Crippen molar-refractivity contribution in [1.82, 2.24) is 4.98 Å². The number of carbonyl (C=O) groups is 1. The predicted octanol–water partition coefficient (Wildman–Crippen LogP) is 4.62. The Kier molecular flexibility index (Phi) is 4.53. The van der Waals surface area contributed by atoms with Gasteiger partial charge >= 0.3 is 0 Å². The first-order chi connectivity index (χ1) is 8.58. The molecule has 3 nitrogen and oxygen atoms in total. The minimum Gasteiger partial charge on any atom is -0.306 e. The van der Waals surface area contributed by atoms with Gasteiger partial charge in [-0.25, -0.2) is 4.98 Å². The van der Waals surface area contributed by atoms with E-state index in [1.807, 2.05) is 24.3 Å². The van der Waals surface area contributed by atoms with Crippen molar-refractivity contribution in [2.24, 2.45) is 0 Å². The van der Waals surface area contributed by atoms with Crippen LogP contribution in [0.15, 0.2) is 49.9 Å². The molecule has 0 aliphatic rings. The number of nitrogens with one attached hydrogen (secondary N) is 1. The molecule has 1 aromatic carbocycles. The quantitative estimate of drug-likeness (QED) is 0.749. The smallest absolute Gasteiger partial charge is 0.257 e. The van der Waals surface area contributed by atoms with E-state index in [1.54, 1.807) is 12.3 Å². The Labute approximate surface area is 129 Å². The van der Waals surface area contributed by atoms with Crippen molar-refractivity contribution in [3.63, 3.8) is 0 Å². The van der Waals surface area contributed by atoms with E-state index in [2.05, 4.69) is 58.1 Å². The third kappa shape index (κ3) is 3.18. The Bertz CT molecular complexity index is 602. The van der Waals surface area contributed by atoms with Crippen molar-refractivity contribution >= 4 is 59.5 Å². The topological polar surface area (TPSA) is 42.0 Å². The molecule has 0 unspecified atom stereocenters. The van der Waals surface area contributed by atoms with E-state index in [4.69, 9.17) is 0 Å². The highest BCUT2D eigenvalue weighted by Crippen LogP contribution is 2.24. The van der Waals surface area contributed by atoms with Crippen LogP contribution in [0.2, 0.25) is 0 Å². The van der Waals surface area contributed by atoms with Crippen molar-refractivity contribution in [3.8, 4) is 0 Å². The van der Waals surface area contributed by atoms with Crippen LogP contribution in [0.4, 0.5) is 5.82 Å². The maximum Gasteiger partial charge on any atom is 0.257 e. The maximum absolute atomic E-state index is 12.1. The summed E-state index contributed by atoms with van der Waals surface area (Å²) in [5, 5.41) is 2.75. The highest BCUT2D eigenvalue weighted by molar-refractivity contribution is 9.11. The fourth-order valence-electron chi connectivity index (χ4n) is 1.33. The van der Waals surface area contributed by atoms with E-state index in [0.717, 1.165) is 13.4 Å². The van der Waals surface area contributed by atoms with Crippen LogP contribution in [-0.4, -0.2) is 10.9 Å². The lowest BCUT2D eigenvalue weighted by atomic mass is 10.2. The van der Waals surface area contributed by atoms with E-state index in [9.17, 15) is 4.79 Å². The minimum atomic E-state index is -0.210. The zero-order chi connectivity index (χ0) is 13.1. The summed E-state index contributed by atoms with van der Waals surface area (Å²) in [4.78, 5) is 16.2. The maximum atomic E-state index is 12.1. The van der Waals surface area contributed by atoms with Gasteiger partial charge in [-0.2, -0.15) is 0 Å². The number of benzene rings is 1. The highest BCUT2D eigenvalue weighted by atomic mass is 79.9. The summed E-state index contributed by atoms with van der Waals surface area (Å²) < 4.78 is 2.31. The molecule has 2 rings (SSSR count). The van der Waals surface area contributed by atoms with Crippen molar-refractivity contribution in [2.75, 3.05) is 5.32 Å². The van der Waals surface area contributed by atoms with Crippen LogP contribution in [0.1, 0.15) is 10.4 Å². The molecule has 0 saturated carbocycles. The average Bonchev–Trinajstić information content (AvgIpc) is 2.33. The van der Waals surface area contributed by atoms with E-state index < -0.39 is 0 Å². The van der Waals surface area contributed by atoms with Gasteiger partial charge in [0.1, 0.15) is 5.82 Å². The number of rotatable bonds is 2. The number of amides is 1. The molecule has 0 bridgehead atoms. The summed E-state index contributed by atoms with van der Waals surface area (Å²) >= 11 is 9.99. The third-order valence-corrected chi connectivity index (χ3v) is 3.89. The predicted molar refractivity (Wildman–Crippen MR) is 81.7 cm³/mol. The molecule has 0 radical (unpaired) electrons. The molecule has 18 heavy (non-hydrogen) atoms. The number of carbonyl (C=O) groups excluding carboxylic acids is 1. The minimum absolute atomic E-state index is 0.210. The van der Waals surface area contributed by atoms with Gasteiger partial charge in [0.15, 0.2) is 0 Å². The summed E-state index contributed by atoms with van der Waals surface area (Å²) in [6.45, 7) is 0. The van der Waals surface area contributed by atoms with Gasteiger partial charge in [0.2, 0.25) is 0 Å². The molecular weight excluding hydrogens is 428 g/mol.